The van der Waals surface area contributed by atoms with Crippen LogP contribution >= 0.6 is 0 Å². The van der Waals surface area contributed by atoms with Gasteiger partial charge in [0.1, 0.15) is 23.7 Å². The minimum absolute atomic E-state index is 0.182. The van der Waals surface area contributed by atoms with Gasteiger partial charge in [-0.1, -0.05) is 29.4 Å². The number of benzene rings is 2. The second-order valence-electron chi connectivity index (χ2n) is 9.13. The molecule has 1 fully saturated rings. The first-order valence-electron chi connectivity index (χ1n) is 12.4. The quantitative estimate of drug-likeness (QED) is 0.327. The molecule has 0 saturated carbocycles. The van der Waals surface area contributed by atoms with Crippen LogP contribution in [0.2, 0.25) is 0 Å². The Hall–Kier alpha value is -3.82. The molecule has 2 aromatic carbocycles. The van der Waals surface area contributed by atoms with Crippen molar-refractivity contribution in [2.24, 2.45) is 0 Å². The van der Waals surface area contributed by atoms with Crippen molar-refractivity contribution in [2.75, 3.05) is 25.5 Å². The summed E-state index contributed by atoms with van der Waals surface area (Å²) in [4.78, 5) is 9.04. The summed E-state index contributed by atoms with van der Waals surface area (Å²) >= 11 is 0. The van der Waals surface area contributed by atoms with Gasteiger partial charge in [0.2, 0.25) is 0 Å². The Balaban J connectivity index is 1.29. The van der Waals surface area contributed by atoms with Crippen LogP contribution in [-0.2, 0) is 11.3 Å². The second-order valence-corrected chi connectivity index (χ2v) is 9.13. The minimum atomic E-state index is -0.877. The molecule has 8 nitrogen and oxygen atoms in total. The predicted octanol–water partition coefficient (Wildman–Crippen LogP) is 5.05. The van der Waals surface area contributed by atoms with E-state index in [9.17, 15) is 4.39 Å². The molecule has 1 aliphatic heterocycles. The molecule has 9 heteroatoms. The fourth-order valence-electron chi connectivity index (χ4n) is 4.14. The van der Waals surface area contributed by atoms with E-state index in [1.807, 2.05) is 48.5 Å². The molecule has 1 atom stereocenters. The van der Waals surface area contributed by atoms with Crippen molar-refractivity contribution in [3.8, 4) is 39.7 Å². The highest BCUT2D eigenvalue weighted by Gasteiger charge is 2.17. The van der Waals surface area contributed by atoms with Gasteiger partial charge >= 0.3 is 0 Å². The Morgan fingerprint density at radius 1 is 1.05 bits per heavy atom. The summed E-state index contributed by atoms with van der Waals surface area (Å²) in [5.41, 5.74) is 10.7. The van der Waals surface area contributed by atoms with Gasteiger partial charge in [-0.15, -0.1) is 0 Å². The summed E-state index contributed by atoms with van der Waals surface area (Å²) in [5.74, 6) is 1.51. The number of halogens is 1. The van der Waals surface area contributed by atoms with Crippen LogP contribution in [-0.4, -0.2) is 47.2 Å². The molecule has 1 saturated heterocycles. The van der Waals surface area contributed by atoms with E-state index in [1.54, 1.807) is 12.3 Å². The highest BCUT2D eigenvalue weighted by molar-refractivity contribution is 5.73. The molecular weight excluding hydrogens is 473 g/mol. The van der Waals surface area contributed by atoms with Crippen LogP contribution in [0, 0.1) is 0 Å². The van der Waals surface area contributed by atoms with E-state index in [-0.39, 0.29) is 11.9 Å². The van der Waals surface area contributed by atoms with Crippen LogP contribution in [0.1, 0.15) is 25.3 Å². The molecular formula is C28H30FN5O3. The number of alkyl halides is 1. The molecule has 2 aromatic heterocycles. The molecule has 3 heterocycles. The predicted molar refractivity (Wildman–Crippen MR) is 140 cm³/mol. The molecule has 0 aliphatic carbocycles. The first-order chi connectivity index (χ1) is 18.0. The summed E-state index contributed by atoms with van der Waals surface area (Å²) in [6.07, 6.45) is 2.74. The summed E-state index contributed by atoms with van der Waals surface area (Å²) in [7, 11) is 0. The van der Waals surface area contributed by atoms with Crippen LogP contribution in [0.3, 0.4) is 0 Å². The van der Waals surface area contributed by atoms with Gasteiger partial charge in [0.15, 0.2) is 17.3 Å². The van der Waals surface area contributed by atoms with Crippen LogP contribution in [0.5, 0.6) is 5.75 Å². The number of nitrogens with two attached hydrogens (primary N) is 1. The number of nitrogens with one attached hydrogen (secondary N) is 1. The SMILES string of the molecule is CC(F)CNCc1ccc(-c2cc(-c3nc(-c4ccc(OC5CCOCC5)cc4)cnc3N)on2)cc1. The third-order valence-corrected chi connectivity index (χ3v) is 6.17. The molecule has 3 N–H and O–H groups in total. The topological polar surface area (TPSA) is 108 Å². The zero-order valence-corrected chi connectivity index (χ0v) is 20.7. The summed E-state index contributed by atoms with van der Waals surface area (Å²) in [5, 5.41) is 7.28. The van der Waals surface area contributed by atoms with Crippen molar-refractivity contribution in [2.45, 2.75) is 38.6 Å². The third-order valence-electron chi connectivity index (χ3n) is 6.17. The lowest BCUT2D eigenvalue weighted by atomic mass is 10.1. The third kappa shape index (κ3) is 6.31. The fourth-order valence-corrected chi connectivity index (χ4v) is 4.14. The van der Waals surface area contributed by atoms with Gasteiger partial charge in [0.05, 0.1) is 25.1 Å². The van der Waals surface area contributed by atoms with Crippen molar-refractivity contribution >= 4 is 5.82 Å². The maximum Gasteiger partial charge on any atom is 0.189 e. The summed E-state index contributed by atoms with van der Waals surface area (Å²) in [6.45, 7) is 3.93. The molecule has 0 amide bonds. The van der Waals surface area contributed by atoms with E-state index < -0.39 is 6.17 Å². The Labute approximate surface area is 215 Å². The molecule has 37 heavy (non-hydrogen) atoms. The largest absolute Gasteiger partial charge is 0.490 e. The highest BCUT2D eigenvalue weighted by atomic mass is 19.1. The highest BCUT2D eigenvalue weighted by Crippen LogP contribution is 2.30. The maximum atomic E-state index is 13.0. The summed E-state index contributed by atoms with van der Waals surface area (Å²) in [6, 6.07) is 17.4. The molecule has 1 aliphatic rings. The van der Waals surface area contributed by atoms with E-state index in [0.717, 1.165) is 48.5 Å². The number of anilines is 1. The van der Waals surface area contributed by atoms with E-state index in [1.165, 1.54) is 6.92 Å². The number of rotatable bonds is 9. The Kier molecular flexibility index (Phi) is 7.72. The van der Waals surface area contributed by atoms with Crippen molar-refractivity contribution in [3.05, 3.63) is 66.4 Å². The second kappa shape index (κ2) is 11.5. The zero-order chi connectivity index (χ0) is 25.6. The van der Waals surface area contributed by atoms with Crippen molar-refractivity contribution in [1.29, 1.82) is 0 Å². The van der Waals surface area contributed by atoms with Gasteiger partial charge in [-0.05, 0) is 36.8 Å². The molecule has 192 valence electrons. The van der Waals surface area contributed by atoms with Gasteiger partial charge in [-0.25, -0.2) is 14.4 Å². The van der Waals surface area contributed by atoms with Crippen molar-refractivity contribution in [1.82, 2.24) is 20.4 Å². The molecule has 0 radical (unpaired) electrons. The Morgan fingerprint density at radius 3 is 2.49 bits per heavy atom. The smallest absolute Gasteiger partial charge is 0.189 e. The van der Waals surface area contributed by atoms with Gasteiger partial charge in [-0.3, -0.25) is 0 Å². The number of hydrogen-bond donors (Lipinski definition) is 2. The lowest BCUT2D eigenvalue weighted by Gasteiger charge is -2.23. The standard InChI is InChI=1S/C28H30FN5O3/c1-18(29)15-31-16-19-2-4-20(5-3-19)24-14-26(37-34-24)27-28(30)32-17-25(33-27)21-6-8-22(9-7-21)36-23-10-12-35-13-11-23/h2-9,14,17-18,23,31H,10-13,15-16H2,1H3,(H2,30,32). The molecule has 0 bridgehead atoms. The first kappa shape index (κ1) is 24.9. The number of nitrogen functional groups attached to an aromatic ring is 1. The Morgan fingerprint density at radius 2 is 1.76 bits per heavy atom. The molecule has 1 unspecified atom stereocenters. The van der Waals surface area contributed by atoms with Crippen LogP contribution in [0.25, 0.3) is 34.0 Å². The van der Waals surface area contributed by atoms with Gasteiger partial charge in [0.25, 0.3) is 0 Å². The molecule has 0 spiro atoms. The van der Waals surface area contributed by atoms with Gasteiger partial charge in [-0.2, -0.15) is 0 Å². The van der Waals surface area contributed by atoms with Crippen LogP contribution < -0.4 is 15.8 Å². The van der Waals surface area contributed by atoms with E-state index in [2.05, 4.69) is 15.5 Å². The number of aromatic nitrogens is 3. The Bertz CT molecular complexity index is 1300. The van der Waals surface area contributed by atoms with Crippen LogP contribution in [0.4, 0.5) is 10.2 Å². The average molecular weight is 504 g/mol. The van der Waals surface area contributed by atoms with Gasteiger partial charge < -0.3 is 25.0 Å². The van der Waals surface area contributed by atoms with Gasteiger partial charge in [0, 0.05) is 43.1 Å². The van der Waals surface area contributed by atoms with E-state index in [4.69, 9.17) is 24.7 Å². The number of hydrogen-bond acceptors (Lipinski definition) is 8. The number of ether oxygens (including phenoxy) is 2. The first-order valence-corrected chi connectivity index (χ1v) is 12.4. The number of nitrogens with zero attached hydrogens (tertiary/aromatic N) is 3. The van der Waals surface area contributed by atoms with Crippen molar-refractivity contribution < 1.29 is 18.4 Å². The molecule has 5 rings (SSSR count). The lowest BCUT2D eigenvalue weighted by Crippen LogP contribution is -2.25. The van der Waals surface area contributed by atoms with E-state index in [0.29, 0.717) is 35.9 Å². The van der Waals surface area contributed by atoms with E-state index >= 15 is 0 Å². The fraction of sp³-hybridized carbons (Fsp3) is 0.321. The maximum absolute atomic E-state index is 13.0. The lowest BCUT2D eigenvalue weighted by molar-refractivity contribution is 0.0256. The summed E-state index contributed by atoms with van der Waals surface area (Å²) < 4.78 is 30.0. The minimum Gasteiger partial charge on any atom is -0.490 e. The normalized spacial score (nSPS) is 15.0. The van der Waals surface area contributed by atoms with Crippen LogP contribution in [0.15, 0.2) is 65.3 Å². The molecule has 4 aromatic rings. The van der Waals surface area contributed by atoms with Crippen molar-refractivity contribution in [3.63, 3.8) is 0 Å². The average Bonchev–Trinajstić information content (AvgIpc) is 3.40. The monoisotopic (exact) mass is 503 g/mol. The zero-order valence-electron chi connectivity index (χ0n) is 20.7.